The molecule has 1 fully saturated rings. The van der Waals surface area contributed by atoms with Crippen LogP contribution in [0.4, 0.5) is 5.69 Å². The first kappa shape index (κ1) is 19.2. The Labute approximate surface area is 164 Å². The molecule has 6 heteroatoms. The number of aryl methyl sites for hydroxylation is 2. The van der Waals surface area contributed by atoms with Crippen LogP contribution in [-0.2, 0) is 4.79 Å². The number of nitrogens with one attached hydrogen (secondary N) is 2. The summed E-state index contributed by atoms with van der Waals surface area (Å²) in [6.07, 6.45) is 1.57. The average Bonchev–Trinajstić information content (AvgIpc) is 2.65. The number of likely N-dealkylation sites (tertiary alicyclic amines) is 1. The lowest BCUT2D eigenvalue weighted by Crippen LogP contribution is -2.46. The van der Waals surface area contributed by atoms with E-state index < -0.39 is 0 Å². The van der Waals surface area contributed by atoms with Gasteiger partial charge in [0.15, 0.2) is 0 Å². The summed E-state index contributed by atoms with van der Waals surface area (Å²) in [4.78, 5) is 27.2. The lowest BCUT2D eigenvalue weighted by molar-refractivity contribution is -0.125. The molecule has 1 atom stereocenters. The van der Waals surface area contributed by atoms with Crippen LogP contribution in [0.5, 0.6) is 0 Å². The second-order valence-corrected chi connectivity index (χ2v) is 7.53. The van der Waals surface area contributed by atoms with Gasteiger partial charge in [-0.3, -0.25) is 20.4 Å². The third kappa shape index (κ3) is 5.01. The molecule has 1 aliphatic heterocycles. The summed E-state index contributed by atoms with van der Waals surface area (Å²) in [7, 11) is 0. The highest BCUT2D eigenvalue weighted by molar-refractivity contribution is 6.30. The molecular weight excluding hydrogens is 362 g/mol. The van der Waals surface area contributed by atoms with Crippen molar-refractivity contribution in [1.29, 1.82) is 0 Å². The lowest BCUT2D eigenvalue weighted by atomic mass is 9.96. The van der Waals surface area contributed by atoms with E-state index in [1.807, 2.05) is 44.2 Å². The molecule has 0 aromatic heterocycles. The number of carbonyl (C=O) groups is 2. The fraction of sp³-hybridized carbons (Fsp3) is 0.333. The predicted octanol–water partition coefficient (Wildman–Crippen LogP) is 3.95. The number of hydrogen-bond donors (Lipinski definition) is 2. The molecule has 0 spiro atoms. The molecule has 2 N–H and O–H groups in total. The van der Waals surface area contributed by atoms with Crippen molar-refractivity contribution in [2.45, 2.75) is 26.7 Å². The quantitative estimate of drug-likeness (QED) is 0.783. The fourth-order valence-corrected chi connectivity index (χ4v) is 3.65. The fourth-order valence-electron chi connectivity index (χ4n) is 3.46. The Bertz CT molecular complexity index is 833. The van der Waals surface area contributed by atoms with Crippen molar-refractivity contribution < 1.29 is 9.59 Å². The molecular formula is C21H24ClN3O2. The van der Waals surface area contributed by atoms with Crippen molar-refractivity contribution in [3.05, 3.63) is 64.2 Å². The van der Waals surface area contributed by atoms with Gasteiger partial charge in [-0.1, -0.05) is 34.9 Å². The summed E-state index contributed by atoms with van der Waals surface area (Å²) in [6.45, 7) is 5.07. The molecule has 27 heavy (non-hydrogen) atoms. The van der Waals surface area contributed by atoms with Crippen molar-refractivity contribution in [3.8, 4) is 0 Å². The molecule has 1 aliphatic rings. The van der Waals surface area contributed by atoms with Crippen LogP contribution in [0.15, 0.2) is 42.5 Å². The van der Waals surface area contributed by atoms with Crippen LogP contribution in [0, 0.1) is 19.8 Å². The first-order valence-corrected chi connectivity index (χ1v) is 9.49. The van der Waals surface area contributed by atoms with Crippen molar-refractivity contribution in [3.63, 3.8) is 0 Å². The third-order valence-corrected chi connectivity index (χ3v) is 4.94. The van der Waals surface area contributed by atoms with E-state index in [4.69, 9.17) is 11.6 Å². The van der Waals surface area contributed by atoms with Gasteiger partial charge in [-0.15, -0.1) is 0 Å². The Kier molecular flexibility index (Phi) is 6.01. The number of hydrogen-bond acceptors (Lipinski definition) is 3. The van der Waals surface area contributed by atoms with Gasteiger partial charge in [0.1, 0.15) is 0 Å². The smallest absolute Gasteiger partial charge is 0.253 e. The van der Waals surface area contributed by atoms with Gasteiger partial charge in [0, 0.05) is 23.7 Å². The maximum atomic E-state index is 12.9. The maximum Gasteiger partial charge on any atom is 0.253 e. The van der Waals surface area contributed by atoms with Gasteiger partial charge in [-0.05, 0) is 57.0 Å². The van der Waals surface area contributed by atoms with Gasteiger partial charge in [-0.25, -0.2) is 0 Å². The molecule has 1 saturated heterocycles. The Morgan fingerprint density at radius 3 is 2.56 bits per heavy atom. The zero-order chi connectivity index (χ0) is 19.4. The number of hydrazine groups is 1. The average molecular weight is 386 g/mol. The predicted molar refractivity (Wildman–Crippen MR) is 108 cm³/mol. The van der Waals surface area contributed by atoms with E-state index in [-0.39, 0.29) is 17.7 Å². The number of piperidine rings is 1. The Morgan fingerprint density at radius 1 is 1.11 bits per heavy atom. The number of halogens is 1. The van der Waals surface area contributed by atoms with E-state index in [1.165, 1.54) is 0 Å². The highest BCUT2D eigenvalue weighted by Gasteiger charge is 2.29. The highest BCUT2D eigenvalue weighted by atomic mass is 35.5. The van der Waals surface area contributed by atoms with Gasteiger partial charge in [0.25, 0.3) is 5.91 Å². The number of rotatable bonds is 4. The van der Waals surface area contributed by atoms with Crippen LogP contribution in [-0.4, -0.2) is 29.8 Å². The first-order valence-electron chi connectivity index (χ1n) is 9.11. The Morgan fingerprint density at radius 2 is 1.85 bits per heavy atom. The monoisotopic (exact) mass is 385 g/mol. The molecule has 2 amide bonds. The summed E-state index contributed by atoms with van der Waals surface area (Å²) in [5, 5.41) is 0.595. The molecule has 142 valence electrons. The molecule has 0 radical (unpaired) electrons. The van der Waals surface area contributed by atoms with Crippen LogP contribution in [0.3, 0.4) is 0 Å². The van der Waals surface area contributed by atoms with E-state index in [9.17, 15) is 9.59 Å². The van der Waals surface area contributed by atoms with Crippen LogP contribution >= 0.6 is 11.6 Å². The molecule has 1 unspecified atom stereocenters. The molecule has 2 aromatic rings. The normalized spacial score (nSPS) is 16.7. The molecule has 5 nitrogen and oxygen atoms in total. The third-order valence-electron chi connectivity index (χ3n) is 4.70. The Hall–Kier alpha value is -2.53. The van der Waals surface area contributed by atoms with Gasteiger partial charge in [-0.2, -0.15) is 0 Å². The van der Waals surface area contributed by atoms with E-state index >= 15 is 0 Å². The summed E-state index contributed by atoms with van der Waals surface area (Å²) < 4.78 is 0. The summed E-state index contributed by atoms with van der Waals surface area (Å²) in [5.41, 5.74) is 9.15. The minimum atomic E-state index is -0.236. The molecule has 1 heterocycles. The number of nitrogens with zero attached hydrogens (tertiary/aromatic N) is 1. The lowest BCUT2D eigenvalue weighted by Gasteiger charge is -2.32. The second kappa shape index (κ2) is 8.44. The molecule has 2 aromatic carbocycles. The highest BCUT2D eigenvalue weighted by Crippen LogP contribution is 2.20. The summed E-state index contributed by atoms with van der Waals surface area (Å²) in [5.74, 6) is -0.365. The Balaban J connectivity index is 1.61. The number of anilines is 1. The zero-order valence-electron chi connectivity index (χ0n) is 15.6. The molecule has 3 rings (SSSR count). The van der Waals surface area contributed by atoms with E-state index in [0.717, 1.165) is 29.7 Å². The minimum absolute atomic E-state index is 0.0119. The minimum Gasteiger partial charge on any atom is -0.338 e. The van der Waals surface area contributed by atoms with Crippen molar-refractivity contribution in [1.82, 2.24) is 10.3 Å². The van der Waals surface area contributed by atoms with Crippen LogP contribution < -0.4 is 10.9 Å². The SMILES string of the molecule is Cc1cc(C)cc(C(=O)N2CCCC(C(=O)NNc3cccc(Cl)c3)C2)c1. The second-order valence-electron chi connectivity index (χ2n) is 7.09. The largest absolute Gasteiger partial charge is 0.338 e. The topological polar surface area (TPSA) is 61.4 Å². The van der Waals surface area contributed by atoms with Gasteiger partial charge < -0.3 is 4.90 Å². The number of amides is 2. The number of carbonyl (C=O) groups excluding carboxylic acids is 2. The van der Waals surface area contributed by atoms with Crippen molar-refractivity contribution in [2.75, 3.05) is 18.5 Å². The van der Waals surface area contributed by atoms with E-state index in [2.05, 4.69) is 10.9 Å². The van der Waals surface area contributed by atoms with Gasteiger partial charge in [0.05, 0.1) is 11.6 Å². The standard InChI is InChI=1S/C21H24ClN3O2/c1-14-9-15(2)11-17(10-14)21(27)25-8-4-5-16(13-25)20(26)24-23-19-7-3-6-18(22)12-19/h3,6-7,9-12,16,23H,4-5,8,13H2,1-2H3,(H,24,26). The molecule has 0 bridgehead atoms. The maximum absolute atomic E-state index is 12.9. The van der Waals surface area contributed by atoms with Crippen LogP contribution in [0.2, 0.25) is 5.02 Å². The summed E-state index contributed by atoms with van der Waals surface area (Å²) in [6, 6.07) is 13.0. The number of benzene rings is 2. The molecule has 0 aliphatic carbocycles. The first-order chi connectivity index (χ1) is 12.9. The van der Waals surface area contributed by atoms with Crippen molar-refractivity contribution in [2.24, 2.45) is 5.92 Å². The zero-order valence-corrected chi connectivity index (χ0v) is 16.3. The van der Waals surface area contributed by atoms with Crippen LogP contribution in [0.25, 0.3) is 0 Å². The van der Waals surface area contributed by atoms with Gasteiger partial charge >= 0.3 is 0 Å². The van der Waals surface area contributed by atoms with E-state index in [1.54, 1.807) is 17.0 Å². The van der Waals surface area contributed by atoms with Crippen molar-refractivity contribution >= 4 is 29.1 Å². The molecule has 0 saturated carbocycles. The van der Waals surface area contributed by atoms with E-state index in [0.29, 0.717) is 23.7 Å². The van der Waals surface area contributed by atoms with Gasteiger partial charge in [0.2, 0.25) is 5.91 Å². The van der Waals surface area contributed by atoms with Crippen LogP contribution in [0.1, 0.15) is 34.3 Å². The summed E-state index contributed by atoms with van der Waals surface area (Å²) >= 11 is 5.95.